The average Bonchev–Trinajstić information content (AvgIpc) is 3.30. The lowest BCUT2D eigenvalue weighted by molar-refractivity contribution is -0.123. The van der Waals surface area contributed by atoms with E-state index in [9.17, 15) is 18.0 Å². The minimum Gasteiger partial charge on any atom is -0.462 e. The van der Waals surface area contributed by atoms with Crippen LogP contribution in [0.2, 0.25) is 0 Å². The number of aromatic nitrogens is 1. The standard InChI is InChI=1S/C18H17N3O6S2/c1-10(16(22)20-12-5-3-6-13(9-12)29(19,24)25)27-18(23)15-11(2)28-17(21-15)14-7-4-8-26-14/h3-10H,1-2H3,(H,20,22)(H2,19,24,25). The molecule has 0 radical (unpaired) electrons. The van der Waals surface area contributed by atoms with Gasteiger partial charge in [0, 0.05) is 10.6 Å². The van der Waals surface area contributed by atoms with E-state index >= 15 is 0 Å². The van der Waals surface area contributed by atoms with E-state index in [2.05, 4.69) is 10.3 Å². The summed E-state index contributed by atoms with van der Waals surface area (Å²) >= 11 is 1.27. The fourth-order valence-corrected chi connectivity index (χ4v) is 3.78. The van der Waals surface area contributed by atoms with Gasteiger partial charge < -0.3 is 14.5 Å². The number of hydrogen-bond acceptors (Lipinski definition) is 8. The van der Waals surface area contributed by atoms with Crippen LogP contribution in [0.4, 0.5) is 5.69 Å². The maximum absolute atomic E-state index is 12.4. The van der Waals surface area contributed by atoms with Gasteiger partial charge in [0.1, 0.15) is 0 Å². The Bertz CT molecular complexity index is 1150. The summed E-state index contributed by atoms with van der Waals surface area (Å²) in [6, 6.07) is 8.86. The number of carbonyl (C=O) groups excluding carboxylic acids is 2. The van der Waals surface area contributed by atoms with Gasteiger partial charge in [-0.1, -0.05) is 6.07 Å². The fraction of sp³-hybridized carbons (Fsp3) is 0.167. The molecule has 0 bridgehead atoms. The number of furan rings is 1. The second kappa shape index (κ2) is 8.15. The van der Waals surface area contributed by atoms with Crippen LogP contribution < -0.4 is 10.5 Å². The molecule has 0 fully saturated rings. The first-order valence-corrected chi connectivity index (χ1v) is 10.7. The van der Waals surface area contributed by atoms with E-state index in [0.29, 0.717) is 15.6 Å². The van der Waals surface area contributed by atoms with Crippen molar-refractivity contribution >= 4 is 38.9 Å². The number of anilines is 1. The van der Waals surface area contributed by atoms with Gasteiger partial charge in [0.05, 0.1) is 11.2 Å². The molecule has 152 valence electrons. The number of carbonyl (C=O) groups is 2. The van der Waals surface area contributed by atoms with Gasteiger partial charge in [-0.3, -0.25) is 4.79 Å². The minimum atomic E-state index is -3.91. The summed E-state index contributed by atoms with van der Waals surface area (Å²) in [4.78, 5) is 29.4. The Kier molecular flexibility index (Phi) is 5.82. The first kappa shape index (κ1) is 20.7. The number of sulfonamides is 1. The van der Waals surface area contributed by atoms with Crippen LogP contribution in [-0.2, 0) is 19.6 Å². The van der Waals surface area contributed by atoms with Gasteiger partial charge in [-0.25, -0.2) is 23.3 Å². The number of amides is 1. The second-order valence-electron chi connectivity index (χ2n) is 6.01. The smallest absolute Gasteiger partial charge is 0.358 e. The van der Waals surface area contributed by atoms with E-state index in [1.807, 2.05) is 0 Å². The average molecular weight is 435 g/mol. The molecule has 1 aromatic carbocycles. The molecule has 0 spiro atoms. The van der Waals surface area contributed by atoms with Gasteiger partial charge in [0.15, 0.2) is 22.6 Å². The molecule has 3 aromatic rings. The van der Waals surface area contributed by atoms with E-state index in [-0.39, 0.29) is 16.3 Å². The van der Waals surface area contributed by atoms with Crippen molar-refractivity contribution in [2.75, 3.05) is 5.32 Å². The number of benzene rings is 1. The first-order valence-electron chi connectivity index (χ1n) is 8.31. The Morgan fingerprint density at radius 1 is 1.28 bits per heavy atom. The SMILES string of the molecule is Cc1sc(-c2ccco2)nc1C(=O)OC(C)C(=O)Nc1cccc(S(N)(=O)=O)c1. The Morgan fingerprint density at radius 2 is 2.03 bits per heavy atom. The van der Waals surface area contributed by atoms with Gasteiger partial charge in [-0.05, 0) is 44.2 Å². The van der Waals surface area contributed by atoms with E-state index in [4.69, 9.17) is 14.3 Å². The number of aryl methyl sites for hydroxylation is 1. The molecule has 11 heteroatoms. The van der Waals surface area contributed by atoms with Crippen molar-refractivity contribution in [1.29, 1.82) is 0 Å². The minimum absolute atomic E-state index is 0.0947. The van der Waals surface area contributed by atoms with Crippen molar-refractivity contribution in [2.24, 2.45) is 5.14 Å². The first-order chi connectivity index (χ1) is 13.6. The van der Waals surface area contributed by atoms with Crippen LogP contribution in [0.25, 0.3) is 10.8 Å². The number of thiazole rings is 1. The van der Waals surface area contributed by atoms with E-state index < -0.39 is 28.0 Å². The van der Waals surface area contributed by atoms with Crippen molar-refractivity contribution < 1.29 is 27.2 Å². The largest absolute Gasteiger partial charge is 0.462 e. The predicted octanol–water partition coefficient (Wildman–Crippen LogP) is 2.54. The second-order valence-corrected chi connectivity index (χ2v) is 8.78. The van der Waals surface area contributed by atoms with Gasteiger partial charge in [-0.15, -0.1) is 11.3 Å². The lowest BCUT2D eigenvalue weighted by atomic mass is 10.3. The molecule has 0 saturated heterocycles. The molecule has 9 nitrogen and oxygen atoms in total. The molecular formula is C18H17N3O6S2. The van der Waals surface area contributed by atoms with Crippen molar-refractivity contribution in [3.8, 4) is 10.8 Å². The lowest BCUT2D eigenvalue weighted by Gasteiger charge is -2.13. The third kappa shape index (κ3) is 4.88. The molecule has 3 N–H and O–H groups in total. The predicted molar refractivity (Wildman–Crippen MR) is 106 cm³/mol. The maximum Gasteiger partial charge on any atom is 0.358 e. The van der Waals surface area contributed by atoms with E-state index in [1.54, 1.807) is 19.1 Å². The number of hydrogen-bond donors (Lipinski definition) is 2. The Morgan fingerprint density at radius 3 is 2.69 bits per heavy atom. The van der Waals surface area contributed by atoms with Gasteiger partial charge in [0.2, 0.25) is 10.0 Å². The molecule has 0 aliphatic carbocycles. The normalized spacial score (nSPS) is 12.4. The molecule has 0 saturated carbocycles. The monoisotopic (exact) mass is 435 g/mol. The molecule has 1 atom stereocenters. The number of esters is 1. The molecule has 29 heavy (non-hydrogen) atoms. The zero-order chi connectivity index (χ0) is 21.2. The molecule has 0 aliphatic rings. The number of nitrogens with one attached hydrogen (secondary N) is 1. The zero-order valence-electron chi connectivity index (χ0n) is 15.4. The van der Waals surface area contributed by atoms with Crippen LogP contribution in [0.15, 0.2) is 52.0 Å². The van der Waals surface area contributed by atoms with Crippen LogP contribution in [0.5, 0.6) is 0 Å². The molecule has 2 heterocycles. The number of nitrogens with zero attached hydrogens (tertiary/aromatic N) is 1. The molecule has 1 amide bonds. The van der Waals surface area contributed by atoms with Crippen LogP contribution >= 0.6 is 11.3 Å². The number of rotatable bonds is 6. The third-order valence-corrected chi connectivity index (χ3v) is 5.70. The van der Waals surface area contributed by atoms with Crippen molar-refractivity contribution in [3.05, 3.63) is 53.2 Å². The Balaban J connectivity index is 1.68. The number of primary sulfonamides is 1. The quantitative estimate of drug-likeness (QED) is 0.567. The molecular weight excluding hydrogens is 418 g/mol. The van der Waals surface area contributed by atoms with Crippen molar-refractivity contribution in [1.82, 2.24) is 4.98 Å². The molecule has 1 unspecified atom stereocenters. The summed E-state index contributed by atoms with van der Waals surface area (Å²) in [5, 5.41) is 8.08. The molecule has 3 rings (SSSR count). The Hall–Kier alpha value is -3.02. The highest BCUT2D eigenvalue weighted by Crippen LogP contribution is 2.28. The lowest BCUT2D eigenvalue weighted by Crippen LogP contribution is -2.30. The Labute approximate surface area is 170 Å². The maximum atomic E-state index is 12.4. The summed E-state index contributed by atoms with van der Waals surface area (Å²) < 4.78 is 33.3. The van der Waals surface area contributed by atoms with Gasteiger partial charge >= 0.3 is 5.97 Å². The summed E-state index contributed by atoms with van der Waals surface area (Å²) in [6.07, 6.45) is 0.357. The van der Waals surface area contributed by atoms with Crippen LogP contribution in [0, 0.1) is 6.92 Å². The van der Waals surface area contributed by atoms with Gasteiger partial charge in [-0.2, -0.15) is 0 Å². The third-order valence-electron chi connectivity index (χ3n) is 3.81. The fourth-order valence-electron chi connectivity index (χ4n) is 2.36. The highest BCUT2D eigenvalue weighted by Gasteiger charge is 2.24. The van der Waals surface area contributed by atoms with Crippen molar-refractivity contribution in [2.45, 2.75) is 24.8 Å². The zero-order valence-corrected chi connectivity index (χ0v) is 17.0. The summed E-state index contributed by atoms with van der Waals surface area (Å²) in [7, 11) is -3.91. The summed E-state index contributed by atoms with van der Waals surface area (Å²) in [5.41, 5.74) is 0.298. The van der Waals surface area contributed by atoms with E-state index in [1.165, 1.54) is 48.8 Å². The molecule has 0 aliphatic heterocycles. The van der Waals surface area contributed by atoms with Crippen LogP contribution in [0.1, 0.15) is 22.3 Å². The highest BCUT2D eigenvalue weighted by molar-refractivity contribution is 7.89. The summed E-state index contributed by atoms with van der Waals surface area (Å²) in [5.74, 6) is -0.862. The van der Waals surface area contributed by atoms with Crippen molar-refractivity contribution in [3.63, 3.8) is 0 Å². The molecule has 2 aromatic heterocycles. The van der Waals surface area contributed by atoms with Crippen LogP contribution in [0.3, 0.4) is 0 Å². The number of nitrogens with two attached hydrogens (primary N) is 1. The summed E-state index contributed by atoms with van der Waals surface area (Å²) in [6.45, 7) is 3.11. The van der Waals surface area contributed by atoms with Crippen LogP contribution in [-0.4, -0.2) is 31.4 Å². The topological polar surface area (TPSA) is 142 Å². The van der Waals surface area contributed by atoms with E-state index in [0.717, 1.165) is 0 Å². The highest BCUT2D eigenvalue weighted by atomic mass is 32.2. The van der Waals surface area contributed by atoms with Gasteiger partial charge in [0.25, 0.3) is 5.91 Å². The number of ether oxygens (including phenoxy) is 1.